The van der Waals surface area contributed by atoms with Crippen LogP contribution in [0.4, 0.5) is 0 Å². The van der Waals surface area contributed by atoms with E-state index in [0.717, 1.165) is 42.6 Å². The van der Waals surface area contributed by atoms with Crippen LogP contribution in [0.2, 0.25) is 0 Å². The molecular formula is C22H24N4O2. The van der Waals surface area contributed by atoms with Crippen molar-refractivity contribution in [2.75, 3.05) is 13.7 Å². The molecule has 0 N–H and O–H groups in total. The zero-order valence-electron chi connectivity index (χ0n) is 16.2. The molecule has 0 spiro atoms. The number of likely N-dealkylation sites (tertiary alicyclic amines) is 1. The molecule has 6 heteroatoms. The summed E-state index contributed by atoms with van der Waals surface area (Å²) < 4.78 is 7.12. The second-order valence-electron chi connectivity index (χ2n) is 7.08. The van der Waals surface area contributed by atoms with Gasteiger partial charge < -0.3 is 9.64 Å². The third-order valence-electron chi connectivity index (χ3n) is 5.24. The van der Waals surface area contributed by atoms with Crippen molar-refractivity contribution in [3.63, 3.8) is 0 Å². The van der Waals surface area contributed by atoms with E-state index in [1.807, 2.05) is 53.2 Å². The van der Waals surface area contributed by atoms with E-state index in [-0.39, 0.29) is 11.9 Å². The lowest BCUT2D eigenvalue weighted by Gasteiger charge is -2.35. The van der Waals surface area contributed by atoms with Gasteiger partial charge in [-0.15, -0.1) is 0 Å². The van der Waals surface area contributed by atoms with Crippen molar-refractivity contribution in [2.24, 2.45) is 7.05 Å². The highest BCUT2D eigenvalue weighted by Crippen LogP contribution is 2.36. The van der Waals surface area contributed by atoms with Crippen molar-refractivity contribution in [3.8, 4) is 16.9 Å². The molecule has 0 radical (unpaired) electrons. The summed E-state index contributed by atoms with van der Waals surface area (Å²) >= 11 is 0. The summed E-state index contributed by atoms with van der Waals surface area (Å²) in [6.07, 6.45) is 8.58. The predicted octanol–water partition coefficient (Wildman–Crippen LogP) is 3.86. The van der Waals surface area contributed by atoms with E-state index in [1.54, 1.807) is 25.6 Å². The number of hydrogen-bond donors (Lipinski definition) is 0. The number of benzene rings is 1. The number of rotatable bonds is 4. The number of hydrogen-bond acceptors (Lipinski definition) is 4. The van der Waals surface area contributed by atoms with Crippen LogP contribution in [-0.4, -0.2) is 39.2 Å². The van der Waals surface area contributed by atoms with Crippen LogP contribution in [0.15, 0.2) is 55.0 Å². The molecule has 1 aromatic carbocycles. The molecule has 0 aliphatic carbocycles. The van der Waals surface area contributed by atoms with E-state index in [1.165, 1.54) is 0 Å². The van der Waals surface area contributed by atoms with Gasteiger partial charge in [-0.3, -0.25) is 14.5 Å². The van der Waals surface area contributed by atoms with Crippen LogP contribution in [-0.2, 0) is 7.05 Å². The maximum atomic E-state index is 13.3. The fraction of sp³-hybridized carbons (Fsp3) is 0.318. The summed E-state index contributed by atoms with van der Waals surface area (Å²) in [5.41, 5.74) is 3.72. The van der Waals surface area contributed by atoms with Crippen molar-refractivity contribution in [1.82, 2.24) is 19.7 Å². The van der Waals surface area contributed by atoms with Gasteiger partial charge in [0.05, 0.1) is 18.8 Å². The molecule has 1 amide bonds. The first-order valence-corrected chi connectivity index (χ1v) is 9.56. The summed E-state index contributed by atoms with van der Waals surface area (Å²) in [7, 11) is 3.54. The first-order valence-electron chi connectivity index (χ1n) is 9.56. The summed E-state index contributed by atoms with van der Waals surface area (Å²) in [5, 5.41) is 4.75. The molecule has 3 heterocycles. The molecule has 3 aromatic rings. The molecule has 28 heavy (non-hydrogen) atoms. The molecule has 1 fully saturated rings. The number of aryl methyl sites for hydroxylation is 1. The molecule has 1 saturated heterocycles. The van der Waals surface area contributed by atoms with Crippen LogP contribution in [0.1, 0.15) is 41.4 Å². The van der Waals surface area contributed by atoms with Gasteiger partial charge in [-0.2, -0.15) is 5.10 Å². The average Bonchev–Trinajstić information content (AvgIpc) is 3.15. The smallest absolute Gasteiger partial charge is 0.254 e. The van der Waals surface area contributed by atoms with Gasteiger partial charge in [0.15, 0.2) is 0 Å². The Labute approximate surface area is 164 Å². The summed E-state index contributed by atoms with van der Waals surface area (Å²) in [6, 6.07) is 11.3. The largest absolute Gasteiger partial charge is 0.497 e. The average molecular weight is 376 g/mol. The van der Waals surface area contributed by atoms with E-state index in [4.69, 9.17) is 9.84 Å². The molecule has 1 aliphatic rings. The first kappa shape index (κ1) is 18.2. The highest BCUT2D eigenvalue weighted by Gasteiger charge is 2.32. The van der Waals surface area contributed by atoms with Crippen molar-refractivity contribution < 1.29 is 9.53 Å². The topological polar surface area (TPSA) is 60.2 Å². The van der Waals surface area contributed by atoms with Crippen molar-refractivity contribution in [2.45, 2.75) is 25.3 Å². The van der Waals surface area contributed by atoms with Crippen molar-refractivity contribution in [1.29, 1.82) is 0 Å². The SMILES string of the molecule is COc1cccc(C(=O)N2CCCC[C@@H]2c2nn(C)cc2-c2ccncc2)c1. The Morgan fingerprint density at radius 1 is 1.18 bits per heavy atom. The third kappa shape index (κ3) is 3.50. The Morgan fingerprint density at radius 2 is 2.00 bits per heavy atom. The van der Waals surface area contributed by atoms with Gasteiger partial charge in [-0.25, -0.2) is 0 Å². The minimum absolute atomic E-state index is 0.0231. The number of aromatic nitrogens is 3. The van der Waals surface area contributed by atoms with Crippen LogP contribution in [0, 0.1) is 0 Å². The van der Waals surface area contributed by atoms with Gasteiger partial charge >= 0.3 is 0 Å². The molecule has 1 aliphatic heterocycles. The highest BCUT2D eigenvalue weighted by molar-refractivity contribution is 5.95. The maximum Gasteiger partial charge on any atom is 0.254 e. The Bertz CT molecular complexity index is 968. The minimum atomic E-state index is -0.0446. The number of amides is 1. The molecular weight excluding hydrogens is 352 g/mol. The van der Waals surface area contributed by atoms with Gasteiger partial charge in [-0.1, -0.05) is 6.07 Å². The summed E-state index contributed by atoms with van der Waals surface area (Å²) in [6.45, 7) is 0.729. The molecule has 0 bridgehead atoms. The monoisotopic (exact) mass is 376 g/mol. The fourth-order valence-corrected chi connectivity index (χ4v) is 3.89. The van der Waals surface area contributed by atoms with Crippen LogP contribution >= 0.6 is 0 Å². The zero-order valence-corrected chi connectivity index (χ0v) is 16.2. The minimum Gasteiger partial charge on any atom is -0.497 e. The van der Waals surface area contributed by atoms with Gasteiger partial charge in [-0.05, 0) is 55.2 Å². The van der Waals surface area contributed by atoms with Crippen LogP contribution in [0.3, 0.4) is 0 Å². The standard InChI is InChI=1S/C22H24N4O2/c1-25-15-19(16-9-11-23-12-10-16)21(24-25)20-8-3-4-13-26(20)22(27)17-6-5-7-18(14-17)28-2/h5-7,9-12,14-15,20H,3-4,8,13H2,1-2H3/t20-/m1/s1. The molecule has 0 saturated carbocycles. The Morgan fingerprint density at radius 3 is 2.79 bits per heavy atom. The maximum absolute atomic E-state index is 13.3. The highest BCUT2D eigenvalue weighted by atomic mass is 16.5. The van der Waals surface area contributed by atoms with Gasteiger partial charge in [0.1, 0.15) is 5.75 Å². The third-order valence-corrected chi connectivity index (χ3v) is 5.24. The fourth-order valence-electron chi connectivity index (χ4n) is 3.89. The molecule has 2 aromatic heterocycles. The van der Waals surface area contributed by atoms with E-state index < -0.39 is 0 Å². The lowest BCUT2D eigenvalue weighted by molar-refractivity contribution is 0.0605. The molecule has 144 valence electrons. The number of methoxy groups -OCH3 is 1. The summed E-state index contributed by atoms with van der Waals surface area (Å²) in [5.74, 6) is 0.713. The second-order valence-corrected chi connectivity index (χ2v) is 7.08. The predicted molar refractivity (Wildman–Crippen MR) is 107 cm³/mol. The number of pyridine rings is 1. The lowest BCUT2D eigenvalue weighted by Crippen LogP contribution is -2.39. The number of carbonyl (C=O) groups is 1. The summed E-state index contributed by atoms with van der Waals surface area (Å²) in [4.78, 5) is 19.4. The number of ether oxygens (including phenoxy) is 1. The molecule has 6 nitrogen and oxygen atoms in total. The van der Waals surface area contributed by atoms with E-state index in [9.17, 15) is 4.79 Å². The molecule has 0 unspecified atom stereocenters. The van der Waals surface area contributed by atoms with E-state index in [0.29, 0.717) is 11.3 Å². The Kier molecular flexibility index (Phi) is 5.10. The van der Waals surface area contributed by atoms with Gasteiger partial charge in [0.2, 0.25) is 0 Å². The number of nitrogens with zero attached hydrogens (tertiary/aromatic N) is 4. The van der Waals surface area contributed by atoms with Crippen LogP contribution < -0.4 is 4.74 Å². The van der Waals surface area contributed by atoms with Gasteiger partial charge in [0, 0.05) is 43.3 Å². The molecule has 1 atom stereocenters. The quantitative estimate of drug-likeness (QED) is 0.694. The zero-order chi connectivity index (χ0) is 19.5. The van der Waals surface area contributed by atoms with Crippen molar-refractivity contribution >= 4 is 5.91 Å². The van der Waals surface area contributed by atoms with E-state index >= 15 is 0 Å². The Hall–Kier alpha value is -3.15. The second kappa shape index (κ2) is 7.84. The van der Waals surface area contributed by atoms with Crippen LogP contribution in [0.25, 0.3) is 11.1 Å². The van der Waals surface area contributed by atoms with E-state index in [2.05, 4.69) is 4.98 Å². The molecule has 4 rings (SSSR count). The normalized spacial score (nSPS) is 16.8. The first-order chi connectivity index (χ1) is 13.7. The lowest BCUT2D eigenvalue weighted by atomic mass is 9.94. The number of carbonyl (C=O) groups excluding carboxylic acids is 1. The van der Waals surface area contributed by atoms with Crippen LogP contribution in [0.5, 0.6) is 5.75 Å². The van der Waals surface area contributed by atoms with Gasteiger partial charge in [0.25, 0.3) is 5.91 Å². The number of piperidine rings is 1. The Balaban J connectivity index is 1.71. The van der Waals surface area contributed by atoms with Crippen molar-refractivity contribution in [3.05, 3.63) is 66.2 Å².